The van der Waals surface area contributed by atoms with E-state index in [9.17, 15) is 9.59 Å². The lowest BCUT2D eigenvalue weighted by Crippen LogP contribution is -2.24. The molecule has 0 saturated heterocycles. The molecule has 4 aromatic rings. The molecule has 166 valence electrons. The van der Waals surface area contributed by atoms with Gasteiger partial charge in [-0.1, -0.05) is 65.3 Å². The molecule has 0 radical (unpaired) electrons. The Morgan fingerprint density at radius 3 is 2.48 bits per heavy atom. The van der Waals surface area contributed by atoms with Crippen LogP contribution in [0.3, 0.4) is 0 Å². The molecule has 0 aliphatic heterocycles. The molecule has 4 rings (SSSR count). The number of rotatable bonds is 6. The van der Waals surface area contributed by atoms with Crippen LogP contribution in [0.15, 0.2) is 87.8 Å². The van der Waals surface area contributed by atoms with E-state index in [4.69, 9.17) is 11.6 Å². The zero-order valence-electron chi connectivity index (χ0n) is 18.1. The number of halogens is 1. The zero-order valence-corrected chi connectivity index (χ0v) is 19.7. The maximum atomic E-state index is 13.3. The molecule has 0 atom stereocenters. The molecule has 0 fully saturated rings. The predicted octanol–water partition coefficient (Wildman–Crippen LogP) is 4.98. The standard InChI is InChI=1S/C25H21ClN4O2S/c1-16-7-13-20(14-8-16)30-24(32)21-5-3-4-6-22(21)27-25(30)33-15-23(31)29-28-17(2)18-9-11-19(26)12-10-18/h3-14H,15H2,1-2H3,(H,29,31). The number of hydrogen-bond acceptors (Lipinski definition) is 5. The first-order chi connectivity index (χ1) is 15.9. The molecular weight excluding hydrogens is 456 g/mol. The van der Waals surface area contributed by atoms with E-state index in [1.807, 2.05) is 55.5 Å². The van der Waals surface area contributed by atoms with E-state index in [2.05, 4.69) is 15.5 Å². The summed E-state index contributed by atoms with van der Waals surface area (Å²) in [6.07, 6.45) is 0. The minimum Gasteiger partial charge on any atom is -0.272 e. The number of carbonyl (C=O) groups excluding carboxylic acids is 1. The fourth-order valence-corrected chi connectivity index (χ4v) is 4.13. The van der Waals surface area contributed by atoms with Crippen LogP contribution >= 0.6 is 23.4 Å². The minimum atomic E-state index is -0.300. The number of nitrogens with zero attached hydrogens (tertiary/aromatic N) is 3. The van der Waals surface area contributed by atoms with E-state index >= 15 is 0 Å². The number of aromatic nitrogens is 2. The number of fused-ring (bicyclic) bond motifs is 1. The van der Waals surface area contributed by atoms with Gasteiger partial charge in [-0.2, -0.15) is 5.10 Å². The highest BCUT2D eigenvalue weighted by atomic mass is 35.5. The SMILES string of the molecule is CC(=NNC(=O)CSc1nc2ccccc2c(=O)n1-c1ccc(C)cc1)c1ccc(Cl)cc1. The van der Waals surface area contributed by atoms with Gasteiger partial charge in [0.1, 0.15) is 0 Å². The van der Waals surface area contributed by atoms with Gasteiger partial charge in [-0.25, -0.2) is 10.4 Å². The van der Waals surface area contributed by atoms with Crippen LogP contribution in [0.25, 0.3) is 16.6 Å². The number of amides is 1. The molecule has 1 N–H and O–H groups in total. The lowest BCUT2D eigenvalue weighted by Gasteiger charge is -2.13. The summed E-state index contributed by atoms with van der Waals surface area (Å²) in [5.74, 6) is -0.250. The van der Waals surface area contributed by atoms with Crippen molar-refractivity contribution in [3.05, 3.63) is 99.3 Å². The van der Waals surface area contributed by atoms with Gasteiger partial charge in [-0.15, -0.1) is 0 Å². The molecule has 1 aromatic heterocycles. The van der Waals surface area contributed by atoms with Crippen molar-refractivity contribution in [2.75, 3.05) is 5.75 Å². The van der Waals surface area contributed by atoms with E-state index in [0.29, 0.717) is 32.5 Å². The Hall–Kier alpha value is -3.42. The fourth-order valence-electron chi connectivity index (χ4n) is 3.19. The number of carbonyl (C=O) groups is 1. The van der Waals surface area contributed by atoms with E-state index in [1.54, 1.807) is 35.8 Å². The van der Waals surface area contributed by atoms with Crippen LogP contribution in [0.5, 0.6) is 0 Å². The highest BCUT2D eigenvalue weighted by Gasteiger charge is 2.14. The smallest absolute Gasteiger partial charge is 0.266 e. The maximum absolute atomic E-state index is 13.3. The molecule has 0 unspecified atom stereocenters. The molecule has 0 bridgehead atoms. The van der Waals surface area contributed by atoms with E-state index < -0.39 is 0 Å². The van der Waals surface area contributed by atoms with Crippen LogP contribution in [0.1, 0.15) is 18.1 Å². The Labute approximate surface area is 200 Å². The average molecular weight is 477 g/mol. The summed E-state index contributed by atoms with van der Waals surface area (Å²) in [5, 5.41) is 5.76. The number of aryl methyl sites for hydroxylation is 1. The van der Waals surface area contributed by atoms with Gasteiger partial charge in [0.05, 0.1) is 28.1 Å². The Morgan fingerprint density at radius 2 is 1.76 bits per heavy atom. The molecule has 1 amide bonds. The summed E-state index contributed by atoms with van der Waals surface area (Å²) in [7, 11) is 0. The largest absolute Gasteiger partial charge is 0.272 e. The molecule has 0 saturated carbocycles. The summed E-state index contributed by atoms with van der Waals surface area (Å²) in [5.41, 5.74) is 6.28. The molecule has 3 aromatic carbocycles. The van der Waals surface area contributed by atoms with Crippen molar-refractivity contribution in [2.45, 2.75) is 19.0 Å². The van der Waals surface area contributed by atoms with Crippen molar-refractivity contribution < 1.29 is 4.79 Å². The monoisotopic (exact) mass is 476 g/mol. The molecule has 0 aliphatic carbocycles. The topological polar surface area (TPSA) is 76.3 Å². The van der Waals surface area contributed by atoms with Crippen LogP contribution in [0, 0.1) is 6.92 Å². The summed E-state index contributed by atoms with van der Waals surface area (Å²) in [6, 6.07) is 22.0. The van der Waals surface area contributed by atoms with Crippen molar-refractivity contribution in [1.82, 2.24) is 15.0 Å². The number of thioether (sulfide) groups is 1. The van der Waals surface area contributed by atoms with E-state index in [-0.39, 0.29) is 17.2 Å². The number of hydrazone groups is 1. The van der Waals surface area contributed by atoms with Crippen molar-refractivity contribution in [3.8, 4) is 5.69 Å². The normalized spacial score (nSPS) is 11.5. The summed E-state index contributed by atoms with van der Waals surface area (Å²) in [4.78, 5) is 30.4. The zero-order chi connectivity index (χ0) is 23.4. The highest BCUT2D eigenvalue weighted by molar-refractivity contribution is 7.99. The highest BCUT2D eigenvalue weighted by Crippen LogP contribution is 2.21. The van der Waals surface area contributed by atoms with Gasteiger partial charge in [-0.05, 0) is 55.8 Å². The molecule has 33 heavy (non-hydrogen) atoms. The lowest BCUT2D eigenvalue weighted by molar-refractivity contribution is -0.118. The second-order valence-electron chi connectivity index (χ2n) is 7.42. The fraction of sp³-hybridized carbons (Fsp3) is 0.120. The first kappa shape index (κ1) is 22.8. The van der Waals surface area contributed by atoms with Crippen molar-refractivity contribution in [1.29, 1.82) is 0 Å². The summed E-state index contributed by atoms with van der Waals surface area (Å²) < 4.78 is 1.54. The molecule has 0 spiro atoms. The minimum absolute atomic E-state index is 0.0496. The van der Waals surface area contributed by atoms with Gasteiger partial charge in [0.2, 0.25) is 0 Å². The van der Waals surface area contributed by atoms with Crippen LogP contribution in [0.2, 0.25) is 5.02 Å². The first-order valence-electron chi connectivity index (χ1n) is 10.2. The number of para-hydroxylation sites is 1. The molecule has 1 heterocycles. The number of benzene rings is 3. The predicted molar refractivity (Wildman–Crippen MR) is 135 cm³/mol. The summed E-state index contributed by atoms with van der Waals surface area (Å²) >= 11 is 7.10. The van der Waals surface area contributed by atoms with Gasteiger partial charge in [0.15, 0.2) is 5.16 Å². The lowest BCUT2D eigenvalue weighted by atomic mass is 10.1. The first-order valence-corrected chi connectivity index (χ1v) is 11.6. The third-order valence-electron chi connectivity index (χ3n) is 4.98. The quantitative estimate of drug-likeness (QED) is 0.184. The Morgan fingerprint density at radius 1 is 1.06 bits per heavy atom. The molecule has 6 nitrogen and oxygen atoms in total. The third-order valence-corrected chi connectivity index (χ3v) is 6.17. The third kappa shape index (κ3) is 5.32. The number of hydrogen-bond donors (Lipinski definition) is 1. The molecular formula is C25H21ClN4O2S. The number of nitrogens with one attached hydrogen (secondary N) is 1. The second kappa shape index (κ2) is 10.0. The van der Waals surface area contributed by atoms with Crippen LogP contribution in [0.4, 0.5) is 0 Å². The average Bonchev–Trinajstić information content (AvgIpc) is 2.82. The van der Waals surface area contributed by atoms with Crippen LogP contribution in [-0.4, -0.2) is 26.9 Å². The van der Waals surface area contributed by atoms with Crippen molar-refractivity contribution >= 4 is 45.9 Å². The Balaban J connectivity index is 1.57. The van der Waals surface area contributed by atoms with Crippen LogP contribution < -0.4 is 11.0 Å². The van der Waals surface area contributed by atoms with Crippen LogP contribution in [-0.2, 0) is 4.79 Å². The van der Waals surface area contributed by atoms with Gasteiger partial charge in [-0.3, -0.25) is 14.2 Å². The van der Waals surface area contributed by atoms with E-state index in [1.165, 1.54) is 11.8 Å². The maximum Gasteiger partial charge on any atom is 0.266 e. The van der Waals surface area contributed by atoms with Crippen molar-refractivity contribution in [2.24, 2.45) is 5.10 Å². The Kier molecular flexibility index (Phi) is 6.91. The summed E-state index contributed by atoms with van der Waals surface area (Å²) in [6.45, 7) is 3.79. The van der Waals surface area contributed by atoms with Gasteiger partial charge >= 0.3 is 0 Å². The van der Waals surface area contributed by atoms with E-state index in [0.717, 1.165) is 11.1 Å². The van der Waals surface area contributed by atoms with Gasteiger partial charge < -0.3 is 0 Å². The Bertz CT molecular complexity index is 1400. The molecule has 8 heteroatoms. The van der Waals surface area contributed by atoms with Gasteiger partial charge in [0.25, 0.3) is 11.5 Å². The van der Waals surface area contributed by atoms with Gasteiger partial charge in [0, 0.05) is 5.02 Å². The molecule has 0 aliphatic rings. The second-order valence-corrected chi connectivity index (χ2v) is 8.79. The van der Waals surface area contributed by atoms with Crippen molar-refractivity contribution in [3.63, 3.8) is 0 Å².